The molecule has 0 nitrogen and oxygen atoms in total. The van der Waals surface area contributed by atoms with E-state index in [2.05, 4.69) is 24.8 Å². The van der Waals surface area contributed by atoms with E-state index in [4.69, 9.17) is 0 Å². The maximum Gasteiger partial charge on any atom is 0.142 e. The summed E-state index contributed by atoms with van der Waals surface area (Å²) in [6.07, 6.45) is 14.0. The van der Waals surface area contributed by atoms with Gasteiger partial charge in [-0.1, -0.05) is 63.4 Å². The van der Waals surface area contributed by atoms with Crippen molar-refractivity contribution in [2.75, 3.05) is 0 Å². The molecule has 2 aromatic rings. The van der Waals surface area contributed by atoms with Crippen LogP contribution < -0.4 is 0 Å². The van der Waals surface area contributed by atoms with Crippen LogP contribution >= 0.6 is 0 Å². The van der Waals surface area contributed by atoms with E-state index in [-0.39, 0.29) is 11.6 Å². The molecule has 0 heterocycles. The molecule has 0 bridgehead atoms. The number of hydrogen-bond acceptors (Lipinski definition) is 0. The summed E-state index contributed by atoms with van der Waals surface area (Å²) >= 11 is 0. The molecule has 2 aliphatic rings. The molecule has 0 amide bonds. The predicted molar refractivity (Wildman–Crippen MR) is 124 cm³/mol. The smallest absolute Gasteiger partial charge is 0.142 e. The third-order valence-electron chi connectivity index (χ3n) is 7.55. The first kappa shape index (κ1) is 22.1. The number of halogens is 2. The number of unbranched alkanes of at least 4 members (excludes halogenated alkanes) is 2. The molecule has 2 aliphatic carbocycles. The lowest BCUT2D eigenvalue weighted by Gasteiger charge is -2.36. The molecule has 2 heteroatoms. The lowest BCUT2D eigenvalue weighted by atomic mass is 9.69. The fraction of sp³-hybridized carbons (Fsp3) is 0.517. The second-order valence-corrected chi connectivity index (χ2v) is 9.60. The maximum absolute atomic E-state index is 15.1. The minimum Gasteiger partial charge on any atom is -0.207 e. The van der Waals surface area contributed by atoms with Crippen molar-refractivity contribution in [2.45, 2.75) is 77.6 Å². The molecule has 0 spiro atoms. The van der Waals surface area contributed by atoms with Crippen LogP contribution in [0.5, 0.6) is 0 Å². The van der Waals surface area contributed by atoms with Crippen molar-refractivity contribution in [3.8, 4) is 11.8 Å². The molecular formula is C29H34F2. The van der Waals surface area contributed by atoms with Crippen molar-refractivity contribution in [1.29, 1.82) is 0 Å². The minimum absolute atomic E-state index is 0.148. The Bertz CT molecular complexity index is 924. The van der Waals surface area contributed by atoms with Gasteiger partial charge in [0.2, 0.25) is 0 Å². The van der Waals surface area contributed by atoms with Crippen molar-refractivity contribution in [1.82, 2.24) is 0 Å². The zero-order chi connectivity index (χ0) is 21.6. The quantitative estimate of drug-likeness (QED) is 0.341. The zero-order valence-corrected chi connectivity index (χ0v) is 18.7. The van der Waals surface area contributed by atoms with Gasteiger partial charge in [-0.15, -0.1) is 0 Å². The Hall–Kier alpha value is -2.14. The van der Waals surface area contributed by atoms with E-state index in [1.165, 1.54) is 69.1 Å². The second-order valence-electron chi connectivity index (χ2n) is 9.60. The van der Waals surface area contributed by atoms with Crippen LogP contribution in [0.3, 0.4) is 0 Å². The van der Waals surface area contributed by atoms with Crippen LogP contribution in [0.2, 0.25) is 0 Å². The average molecular weight is 421 g/mol. The van der Waals surface area contributed by atoms with E-state index in [9.17, 15) is 4.39 Å². The van der Waals surface area contributed by atoms with E-state index in [0.717, 1.165) is 36.7 Å². The summed E-state index contributed by atoms with van der Waals surface area (Å²) in [5.74, 6) is 7.95. The largest absolute Gasteiger partial charge is 0.207 e. The van der Waals surface area contributed by atoms with Gasteiger partial charge in [-0.25, -0.2) is 8.78 Å². The van der Waals surface area contributed by atoms with Gasteiger partial charge in [0.05, 0.1) is 5.56 Å². The molecule has 4 rings (SSSR count). The molecule has 31 heavy (non-hydrogen) atoms. The number of fused-ring (bicyclic) bond motifs is 1. The van der Waals surface area contributed by atoms with Crippen LogP contribution in [-0.4, -0.2) is 0 Å². The predicted octanol–water partition coefficient (Wildman–Crippen LogP) is 7.86. The van der Waals surface area contributed by atoms with Crippen molar-refractivity contribution in [3.63, 3.8) is 0 Å². The SMILES string of the molecule is CCCCCC1CCC(C2CCc3c(ccc(C#Cc4ccc(F)cc4)c3F)C2)CC1. The normalized spacial score (nSPS) is 23.0. The van der Waals surface area contributed by atoms with Gasteiger partial charge in [-0.2, -0.15) is 0 Å². The Morgan fingerprint density at radius 1 is 0.839 bits per heavy atom. The maximum atomic E-state index is 15.1. The van der Waals surface area contributed by atoms with E-state index >= 15 is 4.39 Å². The Balaban J connectivity index is 1.37. The van der Waals surface area contributed by atoms with E-state index in [1.807, 2.05) is 6.07 Å². The summed E-state index contributed by atoms with van der Waals surface area (Å²) in [6, 6.07) is 9.94. The molecule has 1 atom stereocenters. The number of rotatable bonds is 5. The molecule has 0 aliphatic heterocycles. The summed E-state index contributed by atoms with van der Waals surface area (Å²) in [5.41, 5.74) is 3.21. The minimum atomic E-state index is -0.287. The van der Waals surface area contributed by atoms with Crippen LogP contribution in [0.4, 0.5) is 8.78 Å². The fourth-order valence-electron chi connectivity index (χ4n) is 5.64. The summed E-state index contributed by atoms with van der Waals surface area (Å²) in [6.45, 7) is 2.28. The standard InChI is InChI=1S/C29H34F2/c1-2-3-4-5-21-6-11-23(12-7-21)25-16-19-28-26(20-25)15-14-24(29(28)31)13-8-22-9-17-27(30)18-10-22/h9-10,14-15,17-18,21,23,25H,2-7,11-12,16,19-20H2,1H3. The van der Waals surface area contributed by atoms with Gasteiger partial charge in [0.1, 0.15) is 11.6 Å². The highest BCUT2D eigenvalue weighted by molar-refractivity contribution is 5.47. The van der Waals surface area contributed by atoms with Crippen molar-refractivity contribution < 1.29 is 8.78 Å². The first-order valence-electron chi connectivity index (χ1n) is 12.2. The molecule has 0 aromatic heterocycles. The van der Waals surface area contributed by atoms with Gasteiger partial charge in [0.15, 0.2) is 0 Å². The van der Waals surface area contributed by atoms with E-state index < -0.39 is 0 Å². The molecule has 0 saturated heterocycles. The number of hydrogen-bond donors (Lipinski definition) is 0. The van der Waals surface area contributed by atoms with E-state index in [1.54, 1.807) is 12.1 Å². The van der Waals surface area contributed by atoms with Gasteiger partial charge in [0, 0.05) is 5.56 Å². The van der Waals surface area contributed by atoms with Crippen LogP contribution in [0, 0.1) is 41.2 Å². The van der Waals surface area contributed by atoms with Crippen LogP contribution in [0.15, 0.2) is 36.4 Å². The molecule has 2 aromatic carbocycles. The van der Waals surface area contributed by atoms with Gasteiger partial charge in [0.25, 0.3) is 0 Å². The molecule has 0 radical (unpaired) electrons. The Labute approximate surface area is 186 Å². The van der Waals surface area contributed by atoms with Crippen molar-refractivity contribution in [3.05, 3.63) is 70.3 Å². The van der Waals surface area contributed by atoms with Crippen LogP contribution in [-0.2, 0) is 12.8 Å². The van der Waals surface area contributed by atoms with Gasteiger partial charge in [-0.3, -0.25) is 0 Å². The highest BCUT2D eigenvalue weighted by Crippen LogP contribution is 2.41. The zero-order valence-electron chi connectivity index (χ0n) is 18.7. The Morgan fingerprint density at radius 3 is 2.35 bits per heavy atom. The fourth-order valence-corrected chi connectivity index (χ4v) is 5.64. The lowest BCUT2D eigenvalue weighted by molar-refractivity contribution is 0.182. The second kappa shape index (κ2) is 10.4. The average Bonchev–Trinajstić information content (AvgIpc) is 2.80. The summed E-state index contributed by atoms with van der Waals surface area (Å²) in [5, 5.41) is 0. The third-order valence-corrected chi connectivity index (χ3v) is 7.55. The summed E-state index contributed by atoms with van der Waals surface area (Å²) < 4.78 is 28.2. The molecule has 1 saturated carbocycles. The molecular weight excluding hydrogens is 386 g/mol. The Kier molecular flexibility index (Phi) is 7.44. The highest BCUT2D eigenvalue weighted by atomic mass is 19.1. The number of benzene rings is 2. The topological polar surface area (TPSA) is 0 Å². The van der Waals surface area contributed by atoms with Gasteiger partial charge >= 0.3 is 0 Å². The first-order valence-corrected chi connectivity index (χ1v) is 12.2. The highest BCUT2D eigenvalue weighted by Gasteiger charge is 2.31. The Morgan fingerprint density at radius 2 is 1.61 bits per heavy atom. The molecule has 164 valence electrons. The molecule has 1 unspecified atom stereocenters. The monoisotopic (exact) mass is 420 g/mol. The van der Waals surface area contributed by atoms with Crippen molar-refractivity contribution in [2.24, 2.45) is 17.8 Å². The molecule has 1 fully saturated rings. The molecule has 0 N–H and O–H groups in total. The van der Waals surface area contributed by atoms with Crippen molar-refractivity contribution >= 4 is 0 Å². The first-order chi connectivity index (χ1) is 15.1. The summed E-state index contributed by atoms with van der Waals surface area (Å²) in [7, 11) is 0. The van der Waals surface area contributed by atoms with Gasteiger partial charge in [-0.05, 0) is 91.3 Å². The lowest BCUT2D eigenvalue weighted by Crippen LogP contribution is -2.27. The summed E-state index contributed by atoms with van der Waals surface area (Å²) in [4.78, 5) is 0. The van der Waals surface area contributed by atoms with E-state index in [0.29, 0.717) is 17.0 Å². The van der Waals surface area contributed by atoms with Gasteiger partial charge < -0.3 is 0 Å². The van der Waals surface area contributed by atoms with Crippen LogP contribution in [0.25, 0.3) is 0 Å². The third kappa shape index (κ3) is 5.57. The van der Waals surface area contributed by atoms with Crippen LogP contribution in [0.1, 0.15) is 87.0 Å².